The molecular formula is C21H32N2O3. The number of amides is 1. The summed E-state index contributed by atoms with van der Waals surface area (Å²) in [5, 5.41) is 9.06. The standard InChI is InChI=1S/C21H32N2O3/c1-16(24)23(15-20(25)26)19-6-5-12-22(13-11-19)14-17-7-9-18(10-8-17)21(2,3)4/h7-10,19H,5-6,11-15H2,1-4H3,(H,25,26). The van der Waals surface area contributed by atoms with Crippen LogP contribution in [0.2, 0.25) is 0 Å². The molecule has 0 aromatic heterocycles. The largest absolute Gasteiger partial charge is 0.480 e. The molecule has 1 fully saturated rings. The van der Waals surface area contributed by atoms with Crippen LogP contribution >= 0.6 is 0 Å². The van der Waals surface area contributed by atoms with Crippen LogP contribution in [0, 0.1) is 0 Å². The van der Waals surface area contributed by atoms with E-state index < -0.39 is 5.97 Å². The second-order valence-corrected chi connectivity index (χ2v) is 8.35. The molecule has 0 bridgehead atoms. The van der Waals surface area contributed by atoms with E-state index in [0.717, 1.165) is 38.9 Å². The van der Waals surface area contributed by atoms with Crippen LogP contribution in [0.1, 0.15) is 58.1 Å². The molecule has 0 saturated carbocycles. The van der Waals surface area contributed by atoms with E-state index in [2.05, 4.69) is 49.9 Å². The predicted molar refractivity (Wildman–Crippen MR) is 103 cm³/mol. The first-order chi connectivity index (χ1) is 12.2. The molecule has 2 rings (SSSR count). The lowest BCUT2D eigenvalue weighted by molar-refractivity contribution is -0.145. The molecule has 1 aromatic rings. The number of likely N-dealkylation sites (tertiary alicyclic amines) is 1. The van der Waals surface area contributed by atoms with Crippen LogP contribution in [0.15, 0.2) is 24.3 Å². The van der Waals surface area contributed by atoms with Crippen LogP contribution in [0.3, 0.4) is 0 Å². The number of aliphatic carboxylic acids is 1. The zero-order chi connectivity index (χ0) is 19.3. The Hall–Kier alpha value is -1.88. The van der Waals surface area contributed by atoms with Gasteiger partial charge in [0.15, 0.2) is 0 Å². The zero-order valence-corrected chi connectivity index (χ0v) is 16.5. The molecule has 1 aliphatic heterocycles. The molecule has 26 heavy (non-hydrogen) atoms. The number of hydrogen-bond donors (Lipinski definition) is 1. The average molecular weight is 360 g/mol. The van der Waals surface area contributed by atoms with E-state index in [1.54, 1.807) is 0 Å². The van der Waals surface area contributed by atoms with Gasteiger partial charge in [0.2, 0.25) is 5.91 Å². The average Bonchev–Trinajstić information content (AvgIpc) is 2.77. The Morgan fingerprint density at radius 2 is 1.81 bits per heavy atom. The maximum Gasteiger partial charge on any atom is 0.323 e. The molecule has 0 aliphatic carbocycles. The van der Waals surface area contributed by atoms with E-state index in [9.17, 15) is 9.59 Å². The van der Waals surface area contributed by atoms with Crippen LogP contribution in [0.25, 0.3) is 0 Å². The lowest BCUT2D eigenvalue weighted by Gasteiger charge is -2.29. The summed E-state index contributed by atoms with van der Waals surface area (Å²) < 4.78 is 0. The highest BCUT2D eigenvalue weighted by atomic mass is 16.4. The molecular weight excluding hydrogens is 328 g/mol. The minimum absolute atomic E-state index is 0.0249. The summed E-state index contributed by atoms with van der Waals surface area (Å²) in [6, 6.07) is 8.85. The molecule has 144 valence electrons. The number of hydrogen-bond acceptors (Lipinski definition) is 3. The lowest BCUT2D eigenvalue weighted by atomic mass is 9.87. The van der Waals surface area contributed by atoms with Gasteiger partial charge in [-0.05, 0) is 42.3 Å². The molecule has 5 heteroatoms. The summed E-state index contributed by atoms with van der Waals surface area (Å²) in [5.74, 6) is -1.09. The summed E-state index contributed by atoms with van der Waals surface area (Å²) >= 11 is 0. The fourth-order valence-electron chi connectivity index (χ4n) is 3.62. The number of benzene rings is 1. The maximum absolute atomic E-state index is 11.8. The molecule has 1 N–H and O–H groups in total. The molecule has 1 amide bonds. The van der Waals surface area contributed by atoms with Crippen molar-refractivity contribution in [2.75, 3.05) is 19.6 Å². The van der Waals surface area contributed by atoms with Crippen LogP contribution in [0.5, 0.6) is 0 Å². The number of rotatable bonds is 5. The third-order valence-electron chi connectivity index (χ3n) is 5.17. The molecule has 1 saturated heterocycles. The smallest absolute Gasteiger partial charge is 0.323 e. The Kier molecular flexibility index (Phi) is 6.81. The minimum atomic E-state index is -0.944. The number of carbonyl (C=O) groups excluding carboxylic acids is 1. The monoisotopic (exact) mass is 360 g/mol. The van der Waals surface area contributed by atoms with Crippen molar-refractivity contribution in [2.45, 2.75) is 65.0 Å². The molecule has 1 aromatic carbocycles. The topological polar surface area (TPSA) is 60.9 Å². The minimum Gasteiger partial charge on any atom is -0.480 e. The van der Waals surface area contributed by atoms with Gasteiger partial charge in [-0.25, -0.2) is 0 Å². The fraction of sp³-hybridized carbons (Fsp3) is 0.619. The van der Waals surface area contributed by atoms with Crippen LogP contribution in [-0.2, 0) is 21.5 Å². The number of carbonyl (C=O) groups is 2. The van der Waals surface area contributed by atoms with Gasteiger partial charge in [0.1, 0.15) is 6.54 Å². The van der Waals surface area contributed by atoms with Gasteiger partial charge in [-0.2, -0.15) is 0 Å². The van der Waals surface area contributed by atoms with Gasteiger partial charge in [-0.1, -0.05) is 45.0 Å². The second kappa shape index (κ2) is 8.67. The Balaban J connectivity index is 1.95. The molecule has 0 radical (unpaired) electrons. The van der Waals surface area contributed by atoms with E-state index in [1.165, 1.54) is 23.0 Å². The summed E-state index contributed by atoms with van der Waals surface area (Å²) in [5.41, 5.74) is 2.79. The Bertz CT molecular complexity index is 619. The summed E-state index contributed by atoms with van der Waals surface area (Å²) in [4.78, 5) is 26.8. The van der Waals surface area contributed by atoms with Gasteiger partial charge in [0, 0.05) is 26.1 Å². The Morgan fingerprint density at radius 3 is 2.35 bits per heavy atom. The third-order valence-corrected chi connectivity index (χ3v) is 5.17. The number of carboxylic acid groups (broad SMARTS) is 1. The first-order valence-electron chi connectivity index (χ1n) is 9.47. The van der Waals surface area contributed by atoms with Crippen LogP contribution < -0.4 is 0 Å². The highest BCUT2D eigenvalue weighted by Gasteiger charge is 2.26. The van der Waals surface area contributed by atoms with Crippen molar-refractivity contribution in [3.63, 3.8) is 0 Å². The van der Waals surface area contributed by atoms with Crippen molar-refractivity contribution in [3.05, 3.63) is 35.4 Å². The molecule has 1 atom stereocenters. The predicted octanol–water partition coefficient (Wildman–Crippen LogP) is 3.27. The second-order valence-electron chi connectivity index (χ2n) is 8.35. The van der Waals surface area contributed by atoms with E-state index in [4.69, 9.17) is 5.11 Å². The molecule has 5 nitrogen and oxygen atoms in total. The first kappa shape index (κ1) is 20.4. The summed E-state index contributed by atoms with van der Waals surface area (Å²) in [6.45, 7) is 10.7. The van der Waals surface area contributed by atoms with Crippen LogP contribution in [0.4, 0.5) is 0 Å². The van der Waals surface area contributed by atoms with Gasteiger partial charge in [0.05, 0.1) is 0 Å². The lowest BCUT2D eigenvalue weighted by Crippen LogP contribution is -2.42. The molecule has 0 spiro atoms. The van der Waals surface area contributed by atoms with E-state index in [1.807, 2.05) is 0 Å². The quantitative estimate of drug-likeness (QED) is 0.875. The van der Waals surface area contributed by atoms with E-state index in [0.29, 0.717) is 0 Å². The third kappa shape index (κ3) is 5.84. The van der Waals surface area contributed by atoms with Crippen molar-refractivity contribution in [1.82, 2.24) is 9.80 Å². The summed E-state index contributed by atoms with van der Waals surface area (Å²) in [6.07, 6.45) is 2.67. The van der Waals surface area contributed by atoms with Gasteiger partial charge in [-0.15, -0.1) is 0 Å². The van der Waals surface area contributed by atoms with Crippen molar-refractivity contribution < 1.29 is 14.7 Å². The fourth-order valence-corrected chi connectivity index (χ4v) is 3.62. The van der Waals surface area contributed by atoms with Crippen molar-refractivity contribution in [3.8, 4) is 0 Å². The first-order valence-corrected chi connectivity index (χ1v) is 9.47. The number of carboxylic acids is 1. The van der Waals surface area contributed by atoms with Crippen molar-refractivity contribution in [2.24, 2.45) is 0 Å². The highest BCUT2D eigenvalue weighted by Crippen LogP contribution is 2.23. The summed E-state index contributed by atoms with van der Waals surface area (Å²) in [7, 11) is 0. The molecule has 1 unspecified atom stereocenters. The van der Waals surface area contributed by atoms with Gasteiger partial charge < -0.3 is 10.0 Å². The SMILES string of the molecule is CC(=O)N(CC(=O)O)C1CCCN(Cc2ccc(C(C)(C)C)cc2)CC1. The van der Waals surface area contributed by atoms with Gasteiger partial charge >= 0.3 is 5.97 Å². The molecule has 1 aliphatic rings. The van der Waals surface area contributed by atoms with Crippen LogP contribution in [-0.4, -0.2) is 52.5 Å². The maximum atomic E-state index is 11.8. The van der Waals surface area contributed by atoms with Gasteiger partial charge in [-0.3, -0.25) is 14.5 Å². The van der Waals surface area contributed by atoms with E-state index >= 15 is 0 Å². The highest BCUT2D eigenvalue weighted by molar-refractivity contribution is 5.79. The number of nitrogens with zero attached hydrogens (tertiary/aromatic N) is 2. The normalized spacial score (nSPS) is 19.0. The van der Waals surface area contributed by atoms with Gasteiger partial charge in [0.25, 0.3) is 0 Å². The zero-order valence-electron chi connectivity index (χ0n) is 16.5. The molecule has 1 heterocycles. The van der Waals surface area contributed by atoms with Crippen molar-refractivity contribution >= 4 is 11.9 Å². The van der Waals surface area contributed by atoms with Crippen molar-refractivity contribution in [1.29, 1.82) is 0 Å². The Labute approximate surface area is 157 Å². The Morgan fingerprint density at radius 1 is 1.15 bits per heavy atom. The van der Waals surface area contributed by atoms with E-state index in [-0.39, 0.29) is 23.9 Å².